The van der Waals surface area contributed by atoms with Crippen LogP contribution in [-0.4, -0.2) is 15.8 Å². The van der Waals surface area contributed by atoms with Gasteiger partial charge in [-0.2, -0.15) is 10.5 Å². The molecule has 19 heavy (non-hydrogen) atoms. The van der Waals surface area contributed by atoms with Gasteiger partial charge in [-0.3, -0.25) is 4.79 Å². The van der Waals surface area contributed by atoms with E-state index in [0.717, 1.165) is 12.8 Å². The Bertz CT molecular complexity index is 593. The summed E-state index contributed by atoms with van der Waals surface area (Å²) in [5, 5.41) is 20.5. The molecule has 2 rings (SSSR count). The summed E-state index contributed by atoms with van der Waals surface area (Å²) in [6.45, 7) is 0. The Hall–Kier alpha value is -2.31. The smallest absolute Gasteiger partial charge is 0.159 e. The molecule has 1 aromatic heterocycles. The molecule has 0 saturated heterocycles. The highest BCUT2D eigenvalue weighted by Gasteiger charge is 2.36. The van der Waals surface area contributed by atoms with Crippen LogP contribution in [0.1, 0.15) is 18.4 Å². The van der Waals surface area contributed by atoms with Crippen molar-refractivity contribution in [2.45, 2.75) is 12.8 Å². The van der Waals surface area contributed by atoms with Crippen LogP contribution in [0.15, 0.2) is 18.3 Å². The van der Waals surface area contributed by atoms with E-state index in [2.05, 4.69) is 10.3 Å². The van der Waals surface area contributed by atoms with Crippen molar-refractivity contribution >= 4 is 28.8 Å². The van der Waals surface area contributed by atoms with E-state index in [9.17, 15) is 4.79 Å². The predicted octanol–water partition coefficient (Wildman–Crippen LogP) is 1.81. The lowest BCUT2D eigenvalue weighted by molar-refractivity contribution is -0.120. The van der Waals surface area contributed by atoms with Crippen molar-refractivity contribution in [3.8, 4) is 12.1 Å². The van der Waals surface area contributed by atoms with Gasteiger partial charge in [0.05, 0.1) is 11.6 Å². The number of Topliss-reactive ketones (excluding diaryl/α,β-unsaturated/α-hetero) is 1. The molecule has 1 N–H and O–H groups in total. The molecule has 1 atom stereocenters. The molecule has 0 aromatic carbocycles. The minimum atomic E-state index is -0.917. The lowest BCUT2D eigenvalue weighted by atomic mass is 10.0. The molecule has 0 radical (unpaired) electrons. The van der Waals surface area contributed by atoms with Crippen molar-refractivity contribution in [2.24, 2.45) is 11.8 Å². The minimum absolute atomic E-state index is 0.0154. The Labute approximate surface area is 115 Å². The first kappa shape index (κ1) is 13.1. The number of anilines is 1. The fraction of sp³-hybridized carbons (Fsp3) is 0.308. The van der Waals surface area contributed by atoms with Crippen LogP contribution in [-0.2, 0) is 4.79 Å². The zero-order chi connectivity index (χ0) is 13.8. The van der Waals surface area contributed by atoms with Gasteiger partial charge in [-0.25, -0.2) is 4.98 Å². The maximum atomic E-state index is 11.9. The average molecular weight is 270 g/mol. The molecule has 1 fully saturated rings. The van der Waals surface area contributed by atoms with Gasteiger partial charge in [0.1, 0.15) is 16.9 Å². The third-order valence-corrected chi connectivity index (χ3v) is 3.14. The highest BCUT2D eigenvalue weighted by molar-refractivity contribution is 7.80. The van der Waals surface area contributed by atoms with E-state index in [1.165, 1.54) is 6.20 Å². The van der Waals surface area contributed by atoms with Crippen molar-refractivity contribution in [2.75, 3.05) is 5.32 Å². The highest BCUT2D eigenvalue weighted by atomic mass is 32.1. The number of rotatable bonds is 4. The van der Waals surface area contributed by atoms with Crippen LogP contribution in [0, 0.1) is 34.5 Å². The summed E-state index contributed by atoms with van der Waals surface area (Å²) in [6.07, 6.45) is 3.08. The Balaban J connectivity index is 2.04. The lowest BCUT2D eigenvalue weighted by Gasteiger charge is -2.11. The molecule has 5 nitrogen and oxygen atoms in total. The van der Waals surface area contributed by atoms with E-state index in [4.69, 9.17) is 22.7 Å². The summed E-state index contributed by atoms with van der Waals surface area (Å²) in [6, 6.07) is 7.06. The third-order valence-electron chi connectivity index (χ3n) is 2.80. The van der Waals surface area contributed by atoms with Crippen molar-refractivity contribution in [3.05, 3.63) is 23.9 Å². The molecule has 0 amide bonds. The Morgan fingerprint density at radius 1 is 1.47 bits per heavy atom. The van der Waals surface area contributed by atoms with Gasteiger partial charge in [0.25, 0.3) is 0 Å². The number of carbonyl (C=O) groups excluding carboxylic acids is 1. The van der Waals surface area contributed by atoms with Crippen LogP contribution in [0.3, 0.4) is 0 Å². The van der Waals surface area contributed by atoms with E-state index in [0.29, 0.717) is 11.4 Å². The van der Waals surface area contributed by atoms with Crippen LogP contribution < -0.4 is 5.32 Å². The number of nitrogens with one attached hydrogen (secondary N) is 1. The second-order valence-electron chi connectivity index (χ2n) is 4.27. The fourth-order valence-corrected chi connectivity index (χ4v) is 1.86. The average Bonchev–Trinajstić information content (AvgIpc) is 3.24. The second kappa shape index (κ2) is 5.55. The van der Waals surface area contributed by atoms with Crippen LogP contribution in [0.5, 0.6) is 0 Å². The Morgan fingerprint density at radius 3 is 2.68 bits per heavy atom. The molecule has 1 aliphatic rings. The number of pyridine rings is 1. The largest absolute Gasteiger partial charge is 0.333 e. The topological polar surface area (TPSA) is 89.6 Å². The van der Waals surface area contributed by atoms with Gasteiger partial charge in [-0.05, 0) is 25.0 Å². The molecular weight excluding hydrogens is 260 g/mol. The fourth-order valence-electron chi connectivity index (χ4n) is 1.59. The lowest BCUT2D eigenvalue weighted by Crippen LogP contribution is -2.28. The number of hydrogen-bond donors (Lipinski definition) is 1. The molecule has 1 heterocycles. The van der Waals surface area contributed by atoms with Crippen molar-refractivity contribution in [1.82, 2.24) is 4.98 Å². The number of ketones is 1. The van der Waals surface area contributed by atoms with Gasteiger partial charge in [0.2, 0.25) is 0 Å². The zero-order valence-corrected chi connectivity index (χ0v) is 10.8. The monoisotopic (exact) mass is 270 g/mol. The zero-order valence-electron chi connectivity index (χ0n) is 9.96. The predicted molar refractivity (Wildman–Crippen MR) is 72.0 cm³/mol. The molecule has 0 aliphatic heterocycles. The van der Waals surface area contributed by atoms with Crippen LogP contribution in [0.25, 0.3) is 0 Å². The number of carbonyl (C=O) groups is 1. The molecule has 6 heteroatoms. The Kier molecular flexibility index (Phi) is 3.84. The van der Waals surface area contributed by atoms with Crippen LogP contribution in [0.2, 0.25) is 0 Å². The van der Waals surface area contributed by atoms with Gasteiger partial charge >= 0.3 is 0 Å². The second-order valence-corrected chi connectivity index (χ2v) is 4.71. The SMILES string of the molecule is N#Cc1ccc(NC(=S)C(C#N)C(=O)C2CC2)nc1. The maximum absolute atomic E-state index is 11.9. The van der Waals surface area contributed by atoms with Crippen molar-refractivity contribution in [1.29, 1.82) is 10.5 Å². The maximum Gasteiger partial charge on any atom is 0.159 e. The molecule has 1 saturated carbocycles. The van der Waals surface area contributed by atoms with Gasteiger partial charge < -0.3 is 5.32 Å². The normalized spacial score (nSPS) is 14.8. The summed E-state index contributed by atoms with van der Waals surface area (Å²) >= 11 is 5.08. The first-order valence-electron chi connectivity index (χ1n) is 5.76. The van der Waals surface area contributed by atoms with Gasteiger partial charge in [0, 0.05) is 12.1 Å². The van der Waals surface area contributed by atoms with Crippen molar-refractivity contribution in [3.63, 3.8) is 0 Å². The van der Waals surface area contributed by atoms with Crippen LogP contribution in [0.4, 0.5) is 5.82 Å². The number of aromatic nitrogens is 1. The van der Waals surface area contributed by atoms with Gasteiger partial charge in [-0.1, -0.05) is 12.2 Å². The summed E-state index contributed by atoms with van der Waals surface area (Å²) < 4.78 is 0. The molecule has 1 aromatic rings. The van der Waals surface area contributed by atoms with E-state index in [-0.39, 0.29) is 16.7 Å². The summed E-state index contributed by atoms with van der Waals surface area (Å²) in [4.78, 5) is 16.0. The van der Waals surface area contributed by atoms with Crippen LogP contribution >= 0.6 is 12.2 Å². The number of nitrogens with zero attached hydrogens (tertiary/aromatic N) is 3. The first-order valence-corrected chi connectivity index (χ1v) is 6.17. The first-order chi connectivity index (χ1) is 9.15. The molecule has 94 valence electrons. The quantitative estimate of drug-likeness (QED) is 0.839. The van der Waals surface area contributed by atoms with Crippen molar-refractivity contribution < 1.29 is 4.79 Å². The standard InChI is InChI=1S/C13H10N4OS/c14-5-8-1-4-11(16-7-8)17-13(19)10(6-15)12(18)9-2-3-9/h1,4,7,9-10H,2-3H2,(H,16,17,19). The third kappa shape index (κ3) is 3.12. The number of hydrogen-bond acceptors (Lipinski definition) is 5. The summed E-state index contributed by atoms with van der Waals surface area (Å²) in [5.41, 5.74) is 0.433. The number of thiocarbonyl (C=S) groups is 1. The van der Waals surface area contributed by atoms with E-state index in [1.54, 1.807) is 12.1 Å². The summed E-state index contributed by atoms with van der Waals surface area (Å²) in [5.74, 6) is -0.625. The van der Waals surface area contributed by atoms with Gasteiger partial charge in [0.15, 0.2) is 11.7 Å². The molecule has 1 aliphatic carbocycles. The minimum Gasteiger partial charge on any atom is -0.333 e. The molecule has 0 bridgehead atoms. The number of nitriles is 2. The molecule has 1 unspecified atom stereocenters. The van der Waals surface area contributed by atoms with Gasteiger partial charge in [-0.15, -0.1) is 0 Å². The van der Waals surface area contributed by atoms with E-state index < -0.39 is 5.92 Å². The highest BCUT2D eigenvalue weighted by Crippen LogP contribution is 2.32. The summed E-state index contributed by atoms with van der Waals surface area (Å²) in [7, 11) is 0. The molecule has 0 spiro atoms. The van der Waals surface area contributed by atoms with E-state index in [1.807, 2.05) is 12.1 Å². The molecular formula is C13H10N4OS. The van der Waals surface area contributed by atoms with E-state index >= 15 is 0 Å². The Morgan fingerprint density at radius 2 is 2.21 bits per heavy atom.